The molecule has 0 aromatic heterocycles. The van der Waals surface area contributed by atoms with E-state index >= 15 is 0 Å². The molecule has 0 unspecified atom stereocenters. The Balaban J connectivity index is 4.89. The SMILES string of the molecule is CCCCCCCCCCCCCCOC(=O)CCN(CCC(=O)OC)CCN(C)CCN(CC)CCN(CCC(=O)OCCCCCCCCCCCCCC)CCC(=O)OCCCCCCCCCCCCCC. The minimum Gasteiger partial charge on any atom is -0.469 e. The summed E-state index contributed by atoms with van der Waals surface area (Å²) in [6.07, 6.45) is 47.0. The number of rotatable bonds is 61. The first-order valence-corrected chi connectivity index (χ1v) is 32.6. The fourth-order valence-electron chi connectivity index (χ4n) is 9.82. The van der Waals surface area contributed by atoms with E-state index in [4.69, 9.17) is 18.9 Å². The smallest absolute Gasteiger partial charge is 0.307 e. The van der Waals surface area contributed by atoms with Gasteiger partial charge < -0.3 is 38.5 Å². The molecule has 0 radical (unpaired) electrons. The molecule has 76 heavy (non-hydrogen) atoms. The summed E-state index contributed by atoms with van der Waals surface area (Å²) in [7, 11) is 3.53. The normalized spacial score (nSPS) is 11.7. The minimum absolute atomic E-state index is 0.163. The summed E-state index contributed by atoms with van der Waals surface area (Å²) >= 11 is 0. The lowest BCUT2D eigenvalue weighted by Crippen LogP contribution is -2.42. The molecular formula is C64H126N4O8. The average Bonchev–Trinajstić information content (AvgIpc) is 3.42. The van der Waals surface area contributed by atoms with Crippen LogP contribution >= 0.6 is 0 Å². The van der Waals surface area contributed by atoms with Crippen LogP contribution in [-0.4, -0.2) is 149 Å². The number of unbranched alkanes of at least 4 members (excludes halogenated alkanes) is 33. The molecule has 0 saturated heterocycles. The van der Waals surface area contributed by atoms with Gasteiger partial charge in [-0.3, -0.25) is 19.2 Å². The quantitative estimate of drug-likeness (QED) is 0.0328. The van der Waals surface area contributed by atoms with Gasteiger partial charge in [-0.05, 0) is 32.9 Å². The van der Waals surface area contributed by atoms with Gasteiger partial charge in [0.05, 0.1) is 52.6 Å². The van der Waals surface area contributed by atoms with Crippen molar-refractivity contribution in [3.8, 4) is 0 Å². The van der Waals surface area contributed by atoms with Crippen molar-refractivity contribution in [3.05, 3.63) is 0 Å². The number of methoxy groups -OCH3 is 1. The van der Waals surface area contributed by atoms with E-state index in [0.717, 1.165) is 84.3 Å². The molecule has 0 atom stereocenters. The third-order valence-corrected chi connectivity index (χ3v) is 15.3. The zero-order valence-corrected chi connectivity index (χ0v) is 51.2. The second kappa shape index (κ2) is 58.9. The van der Waals surface area contributed by atoms with E-state index in [1.165, 1.54) is 200 Å². The molecule has 0 aliphatic carbocycles. The summed E-state index contributed by atoms with van der Waals surface area (Å²) < 4.78 is 21.9. The van der Waals surface area contributed by atoms with Gasteiger partial charge in [0, 0.05) is 65.4 Å². The van der Waals surface area contributed by atoms with Crippen LogP contribution in [0.25, 0.3) is 0 Å². The number of hydrogen-bond acceptors (Lipinski definition) is 12. The molecule has 0 rings (SSSR count). The van der Waals surface area contributed by atoms with Crippen LogP contribution in [0.2, 0.25) is 0 Å². The minimum atomic E-state index is -0.251. The van der Waals surface area contributed by atoms with Crippen molar-refractivity contribution in [3.63, 3.8) is 0 Å². The van der Waals surface area contributed by atoms with E-state index < -0.39 is 0 Å². The zero-order valence-electron chi connectivity index (χ0n) is 51.2. The second-order valence-corrected chi connectivity index (χ2v) is 22.3. The Morgan fingerprint density at radius 1 is 0.276 bits per heavy atom. The highest BCUT2D eigenvalue weighted by molar-refractivity contribution is 5.70. The van der Waals surface area contributed by atoms with Crippen molar-refractivity contribution >= 4 is 23.9 Å². The Morgan fingerprint density at radius 2 is 0.500 bits per heavy atom. The summed E-state index contributed by atoms with van der Waals surface area (Å²) in [5.41, 5.74) is 0. The average molecular weight is 1080 g/mol. The highest BCUT2D eigenvalue weighted by Gasteiger charge is 2.16. The topological polar surface area (TPSA) is 118 Å². The van der Waals surface area contributed by atoms with Crippen molar-refractivity contribution in [1.82, 2.24) is 19.6 Å². The van der Waals surface area contributed by atoms with Gasteiger partial charge >= 0.3 is 23.9 Å². The van der Waals surface area contributed by atoms with Crippen LogP contribution in [0.4, 0.5) is 0 Å². The highest BCUT2D eigenvalue weighted by atomic mass is 16.5. The molecule has 0 amide bonds. The molecule has 0 heterocycles. The third-order valence-electron chi connectivity index (χ3n) is 15.3. The molecule has 0 spiro atoms. The van der Waals surface area contributed by atoms with Crippen LogP contribution in [0.15, 0.2) is 0 Å². The Kier molecular flexibility index (Phi) is 57.1. The Labute approximate surface area is 470 Å². The van der Waals surface area contributed by atoms with Crippen LogP contribution in [0, 0.1) is 0 Å². The predicted octanol–water partition coefficient (Wildman–Crippen LogP) is 15.3. The van der Waals surface area contributed by atoms with E-state index in [-0.39, 0.29) is 30.3 Å². The van der Waals surface area contributed by atoms with Crippen molar-refractivity contribution < 1.29 is 38.1 Å². The van der Waals surface area contributed by atoms with E-state index in [1.807, 2.05) is 0 Å². The second-order valence-electron chi connectivity index (χ2n) is 22.3. The van der Waals surface area contributed by atoms with E-state index in [1.54, 1.807) is 0 Å². The number of carbonyl (C=O) groups excluding carboxylic acids is 4. The summed E-state index contributed by atoms with van der Waals surface area (Å²) in [4.78, 5) is 59.7. The van der Waals surface area contributed by atoms with E-state index in [2.05, 4.69) is 54.3 Å². The Hall–Kier alpha value is -2.28. The standard InChI is InChI=1S/C64H126N4O8/c1-7-11-14-17-20-23-26-29-32-35-38-41-58-74-62(70)45-49-67(48-44-61(69)73-6)55-53-65(5)52-54-66(10-4)56-57-68(50-46-63(71)75-59-42-39-36-33-30-27-24-21-18-15-12-8-2)51-47-64(72)76-60-43-40-37-34-31-28-25-22-19-16-13-9-3/h7-60H2,1-6H3. The first-order valence-electron chi connectivity index (χ1n) is 32.6. The Morgan fingerprint density at radius 3 is 0.763 bits per heavy atom. The highest BCUT2D eigenvalue weighted by Crippen LogP contribution is 2.15. The predicted molar refractivity (Wildman–Crippen MR) is 319 cm³/mol. The zero-order chi connectivity index (χ0) is 55.6. The largest absolute Gasteiger partial charge is 0.469 e. The van der Waals surface area contributed by atoms with Gasteiger partial charge in [-0.1, -0.05) is 240 Å². The monoisotopic (exact) mass is 1080 g/mol. The molecule has 0 fully saturated rings. The van der Waals surface area contributed by atoms with Gasteiger partial charge in [0.25, 0.3) is 0 Å². The van der Waals surface area contributed by atoms with Crippen molar-refractivity contribution in [2.45, 2.75) is 285 Å². The van der Waals surface area contributed by atoms with Crippen molar-refractivity contribution in [2.75, 3.05) is 106 Å². The van der Waals surface area contributed by atoms with Crippen LogP contribution in [0.3, 0.4) is 0 Å². The summed E-state index contributed by atoms with van der Waals surface area (Å²) in [5, 5.41) is 0. The first kappa shape index (κ1) is 73.7. The van der Waals surface area contributed by atoms with E-state index in [9.17, 15) is 19.2 Å². The maximum atomic E-state index is 12.9. The van der Waals surface area contributed by atoms with Gasteiger partial charge in [-0.2, -0.15) is 0 Å². The molecule has 0 aliphatic heterocycles. The summed E-state index contributed by atoms with van der Waals surface area (Å²) in [5.74, 6) is -0.752. The fourth-order valence-corrected chi connectivity index (χ4v) is 9.82. The number of ether oxygens (including phenoxy) is 4. The molecule has 0 aliphatic rings. The van der Waals surface area contributed by atoms with Crippen molar-refractivity contribution in [2.24, 2.45) is 0 Å². The molecule has 0 saturated carbocycles. The maximum absolute atomic E-state index is 12.9. The molecule has 12 nitrogen and oxygen atoms in total. The number of esters is 4. The number of likely N-dealkylation sites (N-methyl/N-ethyl adjacent to an activating group) is 2. The first-order chi connectivity index (χ1) is 37.2. The molecule has 0 aromatic rings. The molecule has 0 aromatic carbocycles. The molecule has 0 bridgehead atoms. The van der Waals surface area contributed by atoms with Crippen LogP contribution in [0.1, 0.15) is 285 Å². The van der Waals surface area contributed by atoms with Gasteiger partial charge in [0.2, 0.25) is 0 Å². The lowest BCUT2D eigenvalue weighted by atomic mass is 10.1. The molecule has 12 heteroatoms. The van der Waals surface area contributed by atoms with Gasteiger partial charge in [-0.15, -0.1) is 0 Å². The summed E-state index contributed by atoms with van der Waals surface area (Å²) in [6.45, 7) is 18.3. The van der Waals surface area contributed by atoms with E-state index in [0.29, 0.717) is 65.3 Å². The van der Waals surface area contributed by atoms with Crippen molar-refractivity contribution in [1.29, 1.82) is 0 Å². The number of nitrogens with zero attached hydrogens (tertiary/aromatic N) is 4. The molecule has 450 valence electrons. The number of carbonyl (C=O) groups is 4. The lowest BCUT2D eigenvalue weighted by molar-refractivity contribution is -0.145. The van der Waals surface area contributed by atoms with Gasteiger partial charge in [-0.25, -0.2) is 0 Å². The summed E-state index contributed by atoms with van der Waals surface area (Å²) in [6, 6.07) is 0. The van der Waals surface area contributed by atoms with Crippen LogP contribution < -0.4 is 0 Å². The fraction of sp³-hybridized carbons (Fsp3) is 0.938. The van der Waals surface area contributed by atoms with Gasteiger partial charge in [0.1, 0.15) is 0 Å². The van der Waals surface area contributed by atoms with Crippen LogP contribution in [0.5, 0.6) is 0 Å². The van der Waals surface area contributed by atoms with Gasteiger partial charge in [0.15, 0.2) is 0 Å². The third kappa shape index (κ3) is 53.7. The maximum Gasteiger partial charge on any atom is 0.307 e. The Bertz CT molecular complexity index is 1230. The lowest BCUT2D eigenvalue weighted by Gasteiger charge is -2.29. The van der Waals surface area contributed by atoms with Crippen LogP contribution in [-0.2, 0) is 38.1 Å². The molecule has 0 N–H and O–H groups in total. The number of hydrogen-bond donors (Lipinski definition) is 0. The molecular weight excluding hydrogens is 953 g/mol.